The lowest BCUT2D eigenvalue weighted by atomic mass is 10.1. The third-order valence-electron chi connectivity index (χ3n) is 3.26. The van der Waals surface area contributed by atoms with Gasteiger partial charge in [-0.05, 0) is 33.8 Å². The van der Waals surface area contributed by atoms with Gasteiger partial charge in [0, 0.05) is 36.1 Å². The van der Waals surface area contributed by atoms with Crippen molar-refractivity contribution in [2.45, 2.75) is 46.8 Å². The van der Waals surface area contributed by atoms with E-state index in [-0.39, 0.29) is 6.04 Å². The zero-order valence-corrected chi connectivity index (χ0v) is 11.5. The second-order valence-electron chi connectivity index (χ2n) is 4.65. The maximum Gasteiger partial charge on any atom is 0.0762 e. The van der Waals surface area contributed by atoms with Gasteiger partial charge in [-0.2, -0.15) is 10.2 Å². The van der Waals surface area contributed by atoms with Crippen LogP contribution in [0.5, 0.6) is 0 Å². The summed E-state index contributed by atoms with van der Waals surface area (Å²) in [5.41, 5.74) is 4.62. The van der Waals surface area contributed by atoms with E-state index in [2.05, 4.69) is 47.5 Å². The van der Waals surface area contributed by atoms with Crippen molar-refractivity contribution >= 4 is 0 Å². The molecular formula is C13H21N5. The predicted molar refractivity (Wildman–Crippen MR) is 71.2 cm³/mol. The van der Waals surface area contributed by atoms with Crippen LogP contribution < -0.4 is 5.32 Å². The number of nitrogens with zero attached hydrogens (tertiary/aromatic N) is 3. The molecule has 18 heavy (non-hydrogen) atoms. The number of aryl methyl sites for hydroxylation is 2. The first-order chi connectivity index (χ1) is 8.61. The fourth-order valence-electron chi connectivity index (χ4n) is 2.14. The maximum atomic E-state index is 4.37. The van der Waals surface area contributed by atoms with E-state index in [1.807, 2.05) is 17.8 Å². The first kappa shape index (κ1) is 12.8. The molecule has 2 N–H and O–H groups in total. The number of H-pyrrole nitrogens is 1. The average molecular weight is 247 g/mol. The van der Waals surface area contributed by atoms with Crippen LogP contribution in [0.25, 0.3) is 0 Å². The Morgan fingerprint density at radius 3 is 2.78 bits per heavy atom. The molecule has 0 aliphatic rings. The van der Waals surface area contributed by atoms with Crippen molar-refractivity contribution in [2.75, 3.05) is 0 Å². The minimum absolute atomic E-state index is 0.280. The van der Waals surface area contributed by atoms with Crippen LogP contribution in [0.4, 0.5) is 0 Å². The van der Waals surface area contributed by atoms with E-state index in [9.17, 15) is 0 Å². The lowest BCUT2D eigenvalue weighted by molar-refractivity contribution is 0.560. The van der Waals surface area contributed by atoms with E-state index in [4.69, 9.17) is 0 Å². The zero-order valence-electron chi connectivity index (χ0n) is 11.5. The van der Waals surface area contributed by atoms with Gasteiger partial charge >= 0.3 is 0 Å². The molecular weight excluding hydrogens is 226 g/mol. The second-order valence-corrected chi connectivity index (χ2v) is 4.65. The Morgan fingerprint density at radius 1 is 1.44 bits per heavy atom. The highest BCUT2D eigenvalue weighted by Gasteiger charge is 2.12. The van der Waals surface area contributed by atoms with Gasteiger partial charge < -0.3 is 5.32 Å². The highest BCUT2D eigenvalue weighted by molar-refractivity contribution is 5.20. The summed E-state index contributed by atoms with van der Waals surface area (Å²) >= 11 is 0. The third-order valence-corrected chi connectivity index (χ3v) is 3.26. The van der Waals surface area contributed by atoms with E-state index in [0.717, 1.165) is 24.5 Å². The van der Waals surface area contributed by atoms with Crippen molar-refractivity contribution in [3.8, 4) is 0 Å². The molecule has 98 valence electrons. The van der Waals surface area contributed by atoms with Gasteiger partial charge in [-0.1, -0.05) is 0 Å². The minimum Gasteiger partial charge on any atom is -0.304 e. The lowest BCUT2D eigenvalue weighted by Gasteiger charge is -2.12. The predicted octanol–water partition coefficient (Wildman–Crippen LogP) is 2.09. The molecule has 0 aromatic carbocycles. The summed E-state index contributed by atoms with van der Waals surface area (Å²) in [6, 6.07) is 2.34. The molecule has 0 saturated carbocycles. The van der Waals surface area contributed by atoms with E-state index >= 15 is 0 Å². The number of nitrogens with one attached hydrogen (secondary N) is 2. The van der Waals surface area contributed by atoms with E-state index in [1.54, 1.807) is 0 Å². The molecule has 5 heteroatoms. The summed E-state index contributed by atoms with van der Waals surface area (Å²) in [6.07, 6.45) is 1.95. The summed E-state index contributed by atoms with van der Waals surface area (Å²) in [6.45, 7) is 10.1. The fourth-order valence-corrected chi connectivity index (χ4v) is 2.14. The first-order valence-electron chi connectivity index (χ1n) is 6.38. The Hall–Kier alpha value is -1.62. The second kappa shape index (κ2) is 5.35. The molecule has 0 bridgehead atoms. The van der Waals surface area contributed by atoms with E-state index in [0.29, 0.717) is 0 Å². The van der Waals surface area contributed by atoms with Crippen molar-refractivity contribution in [2.24, 2.45) is 0 Å². The van der Waals surface area contributed by atoms with Gasteiger partial charge in [0.15, 0.2) is 0 Å². The summed E-state index contributed by atoms with van der Waals surface area (Å²) in [7, 11) is 0. The number of hydrogen-bond donors (Lipinski definition) is 2. The monoisotopic (exact) mass is 247 g/mol. The van der Waals surface area contributed by atoms with Crippen LogP contribution in [0.3, 0.4) is 0 Å². The van der Waals surface area contributed by atoms with Crippen LogP contribution in [-0.2, 0) is 13.1 Å². The molecule has 2 rings (SSSR count). The molecule has 0 spiro atoms. The van der Waals surface area contributed by atoms with E-state index < -0.39 is 0 Å². The van der Waals surface area contributed by atoms with Gasteiger partial charge in [0.05, 0.1) is 11.9 Å². The van der Waals surface area contributed by atoms with Crippen LogP contribution in [0.1, 0.15) is 42.5 Å². The van der Waals surface area contributed by atoms with Gasteiger partial charge in [0.25, 0.3) is 0 Å². The Bertz CT molecular complexity index is 511. The number of rotatable bonds is 5. The summed E-state index contributed by atoms with van der Waals surface area (Å²) < 4.78 is 2.02. The summed E-state index contributed by atoms with van der Waals surface area (Å²) in [5.74, 6) is 0. The molecule has 0 saturated heterocycles. The molecule has 0 aliphatic heterocycles. The van der Waals surface area contributed by atoms with Crippen molar-refractivity contribution in [1.82, 2.24) is 25.3 Å². The van der Waals surface area contributed by atoms with Crippen molar-refractivity contribution in [3.05, 3.63) is 34.9 Å². The summed E-state index contributed by atoms with van der Waals surface area (Å²) in [4.78, 5) is 0. The van der Waals surface area contributed by atoms with Crippen molar-refractivity contribution in [1.29, 1.82) is 0 Å². The summed E-state index contributed by atoms with van der Waals surface area (Å²) in [5, 5.41) is 15.0. The van der Waals surface area contributed by atoms with Crippen molar-refractivity contribution < 1.29 is 0 Å². The molecule has 2 aromatic heterocycles. The topological polar surface area (TPSA) is 58.5 Å². The number of aromatic nitrogens is 4. The van der Waals surface area contributed by atoms with Crippen LogP contribution in [0.2, 0.25) is 0 Å². The maximum absolute atomic E-state index is 4.37. The third kappa shape index (κ3) is 2.61. The van der Waals surface area contributed by atoms with Gasteiger partial charge in [0.1, 0.15) is 0 Å². The molecule has 1 atom stereocenters. The Balaban J connectivity index is 1.99. The van der Waals surface area contributed by atoms with Crippen LogP contribution in [0.15, 0.2) is 12.3 Å². The first-order valence-corrected chi connectivity index (χ1v) is 6.38. The van der Waals surface area contributed by atoms with Crippen molar-refractivity contribution in [3.63, 3.8) is 0 Å². The molecule has 2 aromatic rings. The molecule has 2 heterocycles. The van der Waals surface area contributed by atoms with Gasteiger partial charge in [-0.25, -0.2) is 0 Å². The van der Waals surface area contributed by atoms with Crippen LogP contribution in [0, 0.1) is 13.8 Å². The molecule has 0 fully saturated rings. The standard InChI is InChI=1S/C13H21N5/c1-5-18-11(4)13(8-15-18)10(3)14-7-12-6-9(2)16-17-12/h6,8,10,14H,5,7H2,1-4H3,(H,16,17). The fraction of sp³-hybridized carbons (Fsp3) is 0.538. The smallest absolute Gasteiger partial charge is 0.0762 e. The van der Waals surface area contributed by atoms with Gasteiger partial charge in [-0.3, -0.25) is 9.78 Å². The quantitative estimate of drug-likeness (QED) is 0.850. The zero-order chi connectivity index (χ0) is 13.1. The Kier molecular flexibility index (Phi) is 3.81. The average Bonchev–Trinajstić information content (AvgIpc) is 2.92. The minimum atomic E-state index is 0.280. The molecule has 5 nitrogen and oxygen atoms in total. The van der Waals surface area contributed by atoms with Gasteiger partial charge in [0.2, 0.25) is 0 Å². The normalized spacial score (nSPS) is 12.9. The Labute approximate surface area is 108 Å². The SMILES string of the molecule is CCn1ncc(C(C)NCc2cc(C)[nH]n2)c1C. The van der Waals surface area contributed by atoms with E-state index in [1.165, 1.54) is 11.3 Å². The lowest BCUT2D eigenvalue weighted by Crippen LogP contribution is -2.19. The Morgan fingerprint density at radius 2 is 2.22 bits per heavy atom. The molecule has 0 amide bonds. The molecule has 1 unspecified atom stereocenters. The van der Waals surface area contributed by atoms with Gasteiger partial charge in [-0.15, -0.1) is 0 Å². The highest BCUT2D eigenvalue weighted by Crippen LogP contribution is 2.17. The van der Waals surface area contributed by atoms with Crippen LogP contribution in [-0.4, -0.2) is 20.0 Å². The molecule has 0 radical (unpaired) electrons. The largest absolute Gasteiger partial charge is 0.304 e. The number of hydrogen-bond acceptors (Lipinski definition) is 3. The van der Waals surface area contributed by atoms with Crippen LogP contribution >= 0.6 is 0 Å². The number of aromatic amines is 1. The molecule has 0 aliphatic carbocycles. The highest BCUT2D eigenvalue weighted by atomic mass is 15.3.